The molecular weight excluding hydrogens is 699 g/mol. The van der Waals surface area contributed by atoms with E-state index in [9.17, 15) is 19.5 Å². The first-order valence-corrected chi connectivity index (χ1v) is 19.6. The van der Waals surface area contributed by atoms with Crippen LogP contribution in [0.25, 0.3) is 21.8 Å². The van der Waals surface area contributed by atoms with Crippen LogP contribution in [0.1, 0.15) is 119 Å². The van der Waals surface area contributed by atoms with Gasteiger partial charge in [-0.1, -0.05) is 120 Å². The molecule has 0 fully saturated rings. The summed E-state index contributed by atoms with van der Waals surface area (Å²) in [6.07, 6.45) is 12.8. The van der Waals surface area contributed by atoms with Crippen molar-refractivity contribution >= 4 is 45.4 Å². The Labute approximate surface area is 322 Å². The Bertz CT molecular complexity index is 2080. The fourth-order valence-electron chi connectivity index (χ4n) is 6.55. The molecule has 12 nitrogen and oxygen atoms in total. The predicted octanol–water partition coefficient (Wildman–Crippen LogP) is 9.58. The maximum absolute atomic E-state index is 14.6. The molecule has 1 aromatic heterocycles. The standard InChI is InChI=1S/C43H53N5O7/c1-4-7-8-9-10-11-12-13-14-19-24-47(43(52)48-36-29-39(54-26-6-3)38(53-25-5-2)28-34(36)45-46-48)35-23-18-17-22-32(35)42(51)55-37-27-33(41(44)50)40(49)31-21-16-15-20-30(31)37/h15-18,20-23,27-29,49H,4-14,19,24-26H2,1-3H3,(H2,44,50). The van der Waals surface area contributed by atoms with Gasteiger partial charge in [-0.2, -0.15) is 4.68 Å². The van der Waals surface area contributed by atoms with E-state index in [4.69, 9.17) is 19.9 Å². The van der Waals surface area contributed by atoms with Crippen LogP contribution in [0.5, 0.6) is 23.0 Å². The van der Waals surface area contributed by atoms with Crippen molar-refractivity contribution in [3.05, 3.63) is 77.9 Å². The highest BCUT2D eigenvalue weighted by Gasteiger charge is 2.27. The van der Waals surface area contributed by atoms with Gasteiger partial charge in [-0.25, -0.2) is 9.59 Å². The number of anilines is 1. The Morgan fingerprint density at radius 1 is 0.709 bits per heavy atom. The number of para-hydroxylation sites is 1. The Morgan fingerprint density at radius 2 is 1.31 bits per heavy atom. The molecule has 12 heteroatoms. The molecule has 5 rings (SSSR count). The number of unbranched alkanes of at least 4 members (excludes halogenated alkanes) is 9. The van der Waals surface area contributed by atoms with E-state index in [1.54, 1.807) is 60.7 Å². The third-order valence-electron chi connectivity index (χ3n) is 9.44. The molecule has 4 aromatic carbocycles. The number of phenols is 1. The molecule has 0 aliphatic heterocycles. The minimum Gasteiger partial charge on any atom is -0.506 e. The zero-order valence-electron chi connectivity index (χ0n) is 32.2. The average Bonchev–Trinajstić information content (AvgIpc) is 3.61. The molecule has 0 aliphatic rings. The summed E-state index contributed by atoms with van der Waals surface area (Å²) < 4.78 is 19.1. The molecule has 0 saturated heterocycles. The van der Waals surface area contributed by atoms with Crippen molar-refractivity contribution in [1.82, 2.24) is 15.0 Å². The van der Waals surface area contributed by atoms with Gasteiger partial charge < -0.3 is 25.1 Å². The number of aromatic nitrogens is 3. The van der Waals surface area contributed by atoms with Gasteiger partial charge in [-0.05, 0) is 37.5 Å². The topological polar surface area (TPSA) is 159 Å². The molecule has 1 heterocycles. The van der Waals surface area contributed by atoms with Crippen LogP contribution in [0.15, 0.2) is 66.7 Å². The molecule has 55 heavy (non-hydrogen) atoms. The molecule has 3 N–H and O–H groups in total. The van der Waals surface area contributed by atoms with E-state index in [1.165, 1.54) is 54.2 Å². The van der Waals surface area contributed by atoms with Gasteiger partial charge in [0, 0.05) is 29.4 Å². The Kier molecular flexibility index (Phi) is 14.8. The molecule has 0 bridgehead atoms. The second kappa shape index (κ2) is 20.1. The molecule has 292 valence electrons. The highest BCUT2D eigenvalue weighted by atomic mass is 16.5. The lowest BCUT2D eigenvalue weighted by Crippen LogP contribution is -2.37. The van der Waals surface area contributed by atoms with Crippen molar-refractivity contribution in [1.29, 1.82) is 0 Å². The summed E-state index contributed by atoms with van der Waals surface area (Å²) in [5, 5.41) is 20.0. The molecule has 0 aliphatic carbocycles. The van der Waals surface area contributed by atoms with Crippen LogP contribution in [0.2, 0.25) is 0 Å². The average molecular weight is 752 g/mol. The smallest absolute Gasteiger partial charge is 0.351 e. The number of aromatic hydroxyl groups is 1. The van der Waals surface area contributed by atoms with E-state index >= 15 is 0 Å². The number of amides is 2. The van der Waals surface area contributed by atoms with Crippen LogP contribution in [-0.4, -0.2) is 57.8 Å². The highest BCUT2D eigenvalue weighted by Crippen LogP contribution is 2.37. The fraction of sp³-hybridized carbons (Fsp3) is 0.419. The van der Waals surface area contributed by atoms with Gasteiger partial charge in [0.05, 0.1) is 30.0 Å². The van der Waals surface area contributed by atoms with Crippen molar-refractivity contribution < 1.29 is 33.7 Å². The lowest BCUT2D eigenvalue weighted by molar-refractivity contribution is 0.0736. The number of ether oxygens (including phenoxy) is 3. The van der Waals surface area contributed by atoms with Gasteiger partial charge >= 0.3 is 12.0 Å². The van der Waals surface area contributed by atoms with Crippen LogP contribution >= 0.6 is 0 Å². The van der Waals surface area contributed by atoms with Crippen LogP contribution in [0.3, 0.4) is 0 Å². The van der Waals surface area contributed by atoms with Crippen LogP contribution < -0.4 is 24.8 Å². The number of primary amides is 1. The van der Waals surface area contributed by atoms with E-state index in [2.05, 4.69) is 17.2 Å². The lowest BCUT2D eigenvalue weighted by Gasteiger charge is -2.25. The SMILES string of the molecule is CCCCCCCCCCCCN(C(=O)n1nnc2cc(OCCC)c(OCCC)cc21)c1ccccc1C(=O)Oc1cc(C(N)=O)c(O)c2ccccc12. The van der Waals surface area contributed by atoms with E-state index in [0.717, 1.165) is 32.1 Å². The predicted molar refractivity (Wildman–Crippen MR) is 215 cm³/mol. The zero-order chi connectivity index (χ0) is 39.2. The van der Waals surface area contributed by atoms with Crippen molar-refractivity contribution in [2.24, 2.45) is 5.73 Å². The second-order valence-electron chi connectivity index (χ2n) is 13.7. The van der Waals surface area contributed by atoms with Crippen molar-refractivity contribution in [2.75, 3.05) is 24.7 Å². The number of hydrogen-bond donors (Lipinski definition) is 2. The third kappa shape index (κ3) is 10.1. The molecular formula is C43H53N5O7. The summed E-state index contributed by atoms with van der Waals surface area (Å²) >= 11 is 0. The fourth-order valence-corrected chi connectivity index (χ4v) is 6.55. The minimum atomic E-state index is -0.874. The summed E-state index contributed by atoms with van der Waals surface area (Å²) in [6.45, 7) is 7.49. The minimum absolute atomic E-state index is 0.0394. The first-order valence-electron chi connectivity index (χ1n) is 19.6. The molecule has 0 unspecified atom stereocenters. The summed E-state index contributed by atoms with van der Waals surface area (Å²) in [4.78, 5) is 42.5. The van der Waals surface area contributed by atoms with Gasteiger partial charge in [0.25, 0.3) is 5.91 Å². The van der Waals surface area contributed by atoms with Crippen LogP contribution in [0.4, 0.5) is 10.5 Å². The number of hydrogen-bond acceptors (Lipinski definition) is 9. The Hall–Kier alpha value is -5.65. The summed E-state index contributed by atoms with van der Waals surface area (Å²) in [5.41, 5.74) is 6.70. The number of rotatable bonds is 21. The Balaban J connectivity index is 1.47. The van der Waals surface area contributed by atoms with Gasteiger partial charge in [0.2, 0.25) is 0 Å². The summed E-state index contributed by atoms with van der Waals surface area (Å²) in [7, 11) is 0. The normalized spacial score (nSPS) is 11.2. The van der Waals surface area contributed by atoms with Crippen molar-refractivity contribution in [2.45, 2.75) is 97.8 Å². The third-order valence-corrected chi connectivity index (χ3v) is 9.44. The van der Waals surface area contributed by atoms with Crippen molar-refractivity contribution in [3.63, 3.8) is 0 Å². The molecule has 0 atom stereocenters. The molecule has 0 saturated carbocycles. The van der Waals surface area contributed by atoms with E-state index < -0.39 is 17.9 Å². The Morgan fingerprint density at radius 3 is 1.96 bits per heavy atom. The van der Waals surface area contributed by atoms with Gasteiger partial charge in [0.1, 0.15) is 22.5 Å². The van der Waals surface area contributed by atoms with Gasteiger partial charge in [0.15, 0.2) is 11.5 Å². The number of nitrogens with zero attached hydrogens (tertiary/aromatic N) is 4. The van der Waals surface area contributed by atoms with Crippen LogP contribution in [0, 0.1) is 0 Å². The van der Waals surface area contributed by atoms with Crippen LogP contribution in [-0.2, 0) is 0 Å². The quantitative estimate of drug-likeness (QED) is 0.0423. The molecule has 2 amide bonds. The van der Waals surface area contributed by atoms with E-state index in [1.807, 2.05) is 13.8 Å². The first-order chi connectivity index (χ1) is 26.8. The van der Waals surface area contributed by atoms with Gasteiger partial charge in [-0.3, -0.25) is 9.69 Å². The largest absolute Gasteiger partial charge is 0.506 e. The number of fused-ring (bicyclic) bond motifs is 2. The first kappa shape index (κ1) is 40.5. The number of nitrogens with two attached hydrogens (primary N) is 1. The number of benzene rings is 4. The summed E-state index contributed by atoms with van der Waals surface area (Å²) in [5.74, 6) is -0.887. The van der Waals surface area contributed by atoms with E-state index in [-0.39, 0.29) is 22.6 Å². The number of carbonyl (C=O) groups excluding carboxylic acids is 3. The monoisotopic (exact) mass is 751 g/mol. The molecule has 5 aromatic rings. The van der Waals surface area contributed by atoms with Gasteiger partial charge in [-0.15, -0.1) is 5.10 Å². The maximum atomic E-state index is 14.6. The molecule has 0 radical (unpaired) electrons. The number of esters is 1. The highest BCUT2D eigenvalue weighted by molar-refractivity contribution is 6.08. The van der Waals surface area contributed by atoms with E-state index in [0.29, 0.717) is 65.2 Å². The second-order valence-corrected chi connectivity index (χ2v) is 13.7. The maximum Gasteiger partial charge on any atom is 0.351 e. The number of carbonyl (C=O) groups is 3. The van der Waals surface area contributed by atoms with Crippen molar-refractivity contribution in [3.8, 4) is 23.0 Å². The zero-order valence-corrected chi connectivity index (χ0v) is 32.2. The summed E-state index contributed by atoms with van der Waals surface area (Å²) in [6, 6.07) is 17.6. The molecule has 0 spiro atoms. The lowest BCUT2D eigenvalue weighted by atomic mass is 10.0.